The van der Waals surface area contributed by atoms with Gasteiger partial charge in [0.05, 0.1) is 6.61 Å². The molecule has 0 radical (unpaired) electrons. The van der Waals surface area contributed by atoms with Crippen LogP contribution >= 0.6 is 7.82 Å². The summed E-state index contributed by atoms with van der Waals surface area (Å²) >= 11 is 0. The highest BCUT2D eigenvalue weighted by Crippen LogP contribution is 2.53. The molecule has 0 spiro atoms. The molecule has 4 nitrogen and oxygen atoms in total. The number of phosphoric acid groups is 1. The average molecular weight is 362 g/mol. The van der Waals surface area contributed by atoms with Crippen LogP contribution in [0.4, 0.5) is 30.7 Å². The standard InChI is InChI=1S/C10H14F7O4P/c11-8(12,6-9(13,14)15)10(16,17)7-4-2-1-3-5-20-22(18,19)21-7/h7H,1-6H2,(H,18,19). The van der Waals surface area contributed by atoms with E-state index in [0.29, 0.717) is 0 Å². The lowest BCUT2D eigenvalue weighted by Crippen LogP contribution is -2.52. The minimum absolute atomic E-state index is 0.0916. The molecular weight excluding hydrogens is 348 g/mol. The van der Waals surface area contributed by atoms with Gasteiger partial charge >= 0.3 is 25.8 Å². The number of alkyl halides is 7. The van der Waals surface area contributed by atoms with E-state index in [0.717, 1.165) is 0 Å². The molecule has 1 fully saturated rings. The maximum Gasteiger partial charge on any atom is 0.472 e. The van der Waals surface area contributed by atoms with E-state index in [1.54, 1.807) is 0 Å². The highest BCUT2D eigenvalue weighted by atomic mass is 31.2. The van der Waals surface area contributed by atoms with E-state index in [2.05, 4.69) is 9.05 Å². The van der Waals surface area contributed by atoms with E-state index < -0.39 is 44.8 Å². The van der Waals surface area contributed by atoms with E-state index in [-0.39, 0.29) is 25.9 Å². The van der Waals surface area contributed by atoms with E-state index in [4.69, 9.17) is 4.89 Å². The van der Waals surface area contributed by atoms with Crippen molar-refractivity contribution >= 4 is 7.82 Å². The largest absolute Gasteiger partial charge is 0.472 e. The second-order valence-electron chi connectivity index (χ2n) is 4.86. The Balaban J connectivity index is 3.02. The number of hydrogen-bond acceptors (Lipinski definition) is 3. The lowest BCUT2D eigenvalue weighted by atomic mass is 9.98. The van der Waals surface area contributed by atoms with Crippen LogP contribution in [0, 0.1) is 0 Å². The predicted molar refractivity (Wildman–Crippen MR) is 59.7 cm³/mol. The molecule has 22 heavy (non-hydrogen) atoms. The van der Waals surface area contributed by atoms with Gasteiger partial charge in [-0.3, -0.25) is 9.05 Å². The summed E-state index contributed by atoms with van der Waals surface area (Å²) in [6.07, 6.45) is -11.9. The fourth-order valence-corrected chi connectivity index (χ4v) is 2.87. The number of phosphoric ester groups is 1. The smallest absolute Gasteiger partial charge is 0.302 e. The molecule has 1 aliphatic heterocycles. The van der Waals surface area contributed by atoms with Crippen LogP contribution in [0.5, 0.6) is 0 Å². The quantitative estimate of drug-likeness (QED) is 0.601. The van der Waals surface area contributed by atoms with Crippen LogP contribution < -0.4 is 0 Å². The first-order valence-electron chi connectivity index (χ1n) is 6.25. The Bertz CT molecular complexity index is 426. The molecule has 1 N–H and O–H groups in total. The van der Waals surface area contributed by atoms with Crippen LogP contribution in [0.1, 0.15) is 32.1 Å². The summed E-state index contributed by atoms with van der Waals surface area (Å²) < 4.78 is 110. The third-order valence-electron chi connectivity index (χ3n) is 2.94. The number of rotatable bonds is 3. The fourth-order valence-electron chi connectivity index (χ4n) is 1.89. The summed E-state index contributed by atoms with van der Waals surface area (Å²) in [5, 5.41) is 0. The third kappa shape index (κ3) is 5.36. The summed E-state index contributed by atoms with van der Waals surface area (Å²) in [4.78, 5) is 9.15. The molecule has 0 bridgehead atoms. The SMILES string of the molecule is O=P1(O)OCCCCCC(C(F)(F)C(F)(F)CC(F)(F)F)O1. The van der Waals surface area contributed by atoms with Crippen molar-refractivity contribution in [2.24, 2.45) is 0 Å². The molecule has 12 heteroatoms. The molecule has 0 amide bonds. The maximum atomic E-state index is 13.7. The summed E-state index contributed by atoms with van der Waals surface area (Å²) in [5.74, 6) is -10.8. The summed E-state index contributed by atoms with van der Waals surface area (Å²) in [7, 11) is -5.05. The Morgan fingerprint density at radius 2 is 1.64 bits per heavy atom. The van der Waals surface area contributed by atoms with Crippen LogP contribution in [-0.2, 0) is 13.6 Å². The van der Waals surface area contributed by atoms with Crippen molar-refractivity contribution in [3.05, 3.63) is 0 Å². The van der Waals surface area contributed by atoms with Crippen LogP contribution in [-0.4, -0.2) is 35.6 Å². The Morgan fingerprint density at radius 1 is 1.05 bits per heavy atom. The molecule has 1 rings (SSSR count). The van der Waals surface area contributed by atoms with Crippen molar-refractivity contribution in [3.8, 4) is 0 Å². The Morgan fingerprint density at radius 3 is 2.18 bits per heavy atom. The molecule has 2 atom stereocenters. The molecule has 1 aliphatic rings. The van der Waals surface area contributed by atoms with Crippen molar-refractivity contribution < 1.29 is 49.2 Å². The van der Waals surface area contributed by atoms with Gasteiger partial charge in [-0.15, -0.1) is 0 Å². The van der Waals surface area contributed by atoms with Gasteiger partial charge in [0.1, 0.15) is 12.5 Å². The molecule has 0 aromatic heterocycles. The van der Waals surface area contributed by atoms with Crippen molar-refractivity contribution in [3.63, 3.8) is 0 Å². The van der Waals surface area contributed by atoms with Crippen molar-refractivity contribution in [2.45, 2.75) is 56.2 Å². The summed E-state index contributed by atoms with van der Waals surface area (Å²) in [5.41, 5.74) is 0. The van der Waals surface area contributed by atoms with Gasteiger partial charge in [-0.2, -0.15) is 30.7 Å². The lowest BCUT2D eigenvalue weighted by Gasteiger charge is -2.33. The van der Waals surface area contributed by atoms with Crippen LogP contribution in [0.25, 0.3) is 0 Å². The molecule has 0 aromatic carbocycles. The minimum atomic E-state index is -5.54. The van der Waals surface area contributed by atoms with Gasteiger partial charge in [0, 0.05) is 0 Å². The Hall–Kier alpha value is -0.380. The first-order chi connectivity index (χ1) is 9.77. The first kappa shape index (κ1) is 19.7. The minimum Gasteiger partial charge on any atom is -0.302 e. The summed E-state index contributed by atoms with van der Waals surface area (Å²) in [6.45, 7) is -0.314. The van der Waals surface area contributed by atoms with Gasteiger partial charge < -0.3 is 4.89 Å². The van der Waals surface area contributed by atoms with Crippen molar-refractivity contribution in [1.82, 2.24) is 0 Å². The first-order valence-corrected chi connectivity index (χ1v) is 7.74. The van der Waals surface area contributed by atoms with Gasteiger partial charge in [-0.25, -0.2) is 4.57 Å². The normalized spacial score (nSPS) is 29.5. The highest BCUT2D eigenvalue weighted by Gasteiger charge is 2.65. The van der Waals surface area contributed by atoms with E-state index in [1.165, 1.54) is 0 Å². The summed E-state index contributed by atoms with van der Waals surface area (Å²) in [6, 6.07) is 0. The van der Waals surface area contributed by atoms with Crippen LogP contribution in [0.3, 0.4) is 0 Å². The molecule has 2 unspecified atom stereocenters. The second kappa shape index (κ2) is 6.62. The predicted octanol–water partition coefficient (Wildman–Crippen LogP) is 4.29. The molecular formula is C10H14F7O4P. The van der Waals surface area contributed by atoms with Gasteiger partial charge in [-0.05, 0) is 12.8 Å². The second-order valence-corrected chi connectivity index (χ2v) is 6.27. The van der Waals surface area contributed by atoms with Crippen molar-refractivity contribution in [1.29, 1.82) is 0 Å². The van der Waals surface area contributed by atoms with Crippen molar-refractivity contribution in [2.75, 3.05) is 6.61 Å². The zero-order valence-electron chi connectivity index (χ0n) is 11.1. The highest BCUT2D eigenvalue weighted by molar-refractivity contribution is 7.47. The topological polar surface area (TPSA) is 55.8 Å². The maximum absolute atomic E-state index is 13.7. The monoisotopic (exact) mass is 362 g/mol. The van der Waals surface area contributed by atoms with E-state index >= 15 is 0 Å². The van der Waals surface area contributed by atoms with Gasteiger partial charge in [0.25, 0.3) is 0 Å². The molecule has 132 valence electrons. The van der Waals surface area contributed by atoms with Gasteiger partial charge in [0.15, 0.2) is 0 Å². The lowest BCUT2D eigenvalue weighted by molar-refractivity contribution is -0.288. The zero-order chi connectivity index (χ0) is 17.2. The zero-order valence-corrected chi connectivity index (χ0v) is 12.0. The van der Waals surface area contributed by atoms with Crippen LogP contribution in [0.15, 0.2) is 0 Å². The van der Waals surface area contributed by atoms with E-state index in [1.807, 2.05) is 0 Å². The molecule has 1 heterocycles. The Labute approximate surface area is 121 Å². The van der Waals surface area contributed by atoms with Crippen LogP contribution in [0.2, 0.25) is 0 Å². The van der Waals surface area contributed by atoms with E-state index in [9.17, 15) is 35.3 Å². The Kier molecular flexibility index (Phi) is 5.92. The number of hydrogen-bond donors (Lipinski definition) is 1. The molecule has 0 aromatic rings. The average Bonchev–Trinajstić information content (AvgIpc) is 2.35. The fraction of sp³-hybridized carbons (Fsp3) is 1.00. The molecule has 1 saturated heterocycles. The molecule has 0 aliphatic carbocycles. The number of halogens is 7. The molecule has 0 saturated carbocycles. The van der Waals surface area contributed by atoms with Gasteiger partial charge in [-0.1, -0.05) is 12.8 Å². The van der Waals surface area contributed by atoms with Gasteiger partial charge in [0.2, 0.25) is 0 Å². The third-order valence-corrected chi connectivity index (χ3v) is 3.97.